The van der Waals surface area contributed by atoms with Crippen LogP contribution in [0, 0.1) is 0 Å². The normalized spacial score (nSPS) is 13.7. The summed E-state index contributed by atoms with van der Waals surface area (Å²) in [5.41, 5.74) is 11.0. The predicted octanol–water partition coefficient (Wildman–Crippen LogP) is 9.56. The Bertz CT molecular complexity index is 2640. The van der Waals surface area contributed by atoms with Crippen molar-refractivity contribution in [2.45, 2.75) is 25.7 Å². The third-order valence-corrected chi connectivity index (χ3v) is 9.86. The Hall–Kier alpha value is -6.54. The highest BCUT2D eigenvalue weighted by Crippen LogP contribution is 2.37. The molecule has 4 aromatic carbocycles. The SMILES string of the molecule is NCCCO.O=C1Nc2ccc(Cl)cc2/C1=C\c1ccc(-c2cccc(C(=O)CCCCO)c2)o1.O=C1Nc2ccc(Cl)cc2/C1=C\c1ccc(-c2cccc(C(=O)O)c2)o1. The van der Waals surface area contributed by atoms with Gasteiger partial charge in [0.05, 0.1) is 16.7 Å². The van der Waals surface area contributed by atoms with Crippen LogP contribution in [0.3, 0.4) is 0 Å². The van der Waals surface area contributed by atoms with E-state index in [1.807, 2.05) is 18.2 Å². The van der Waals surface area contributed by atoms with Crippen molar-refractivity contribution in [2.24, 2.45) is 5.73 Å². The van der Waals surface area contributed by atoms with E-state index in [9.17, 15) is 19.2 Å². The van der Waals surface area contributed by atoms with Crippen LogP contribution in [-0.4, -0.2) is 58.6 Å². The van der Waals surface area contributed by atoms with E-state index < -0.39 is 5.97 Å². The second kappa shape index (κ2) is 20.6. The van der Waals surface area contributed by atoms with Gasteiger partial charge in [-0.05, 0) is 117 Å². The predicted molar refractivity (Wildman–Crippen MR) is 237 cm³/mol. The summed E-state index contributed by atoms with van der Waals surface area (Å²) in [6.45, 7) is 0.902. The molecule has 312 valence electrons. The number of carbonyl (C=O) groups excluding carboxylic acids is 3. The molecule has 0 spiro atoms. The van der Waals surface area contributed by atoms with Crippen LogP contribution >= 0.6 is 23.2 Å². The minimum Gasteiger partial charge on any atom is -0.478 e. The largest absolute Gasteiger partial charge is 0.478 e. The summed E-state index contributed by atoms with van der Waals surface area (Å²) in [5.74, 6) is 0.739. The van der Waals surface area contributed by atoms with Crippen LogP contribution in [-0.2, 0) is 9.59 Å². The number of carboxylic acids is 1. The molecule has 14 heteroatoms. The lowest BCUT2D eigenvalue weighted by molar-refractivity contribution is -0.111. The standard InChI is InChI=1S/C24H20ClNO4.C20H12ClNO4.C3H9NO/c25-17-7-9-21-19(13-17)20(24(29)26-21)14-18-8-10-23(30-18)16-5-3-4-15(12-16)22(28)6-1-2-11-27;21-13-4-6-17-15(9-13)16(19(23)22-17)10-14-5-7-18(26-14)11-2-1-3-12(8-11)20(24)25;4-2-1-3-5/h3-5,7-10,12-14,27H,1-2,6,11H2,(H,26,29);1-10H,(H,22,23)(H,24,25);5H,1-4H2/b20-14+;16-10+;. The average Bonchev–Trinajstić information content (AvgIpc) is 4.06. The molecule has 0 radical (unpaired) electrons. The monoisotopic (exact) mass is 861 g/mol. The molecule has 4 heterocycles. The molecule has 2 aliphatic heterocycles. The number of carboxylic acid groups (broad SMARTS) is 1. The van der Waals surface area contributed by atoms with Gasteiger partial charge in [-0.1, -0.05) is 53.5 Å². The molecule has 0 aliphatic carbocycles. The molecular weight excluding hydrogens is 821 g/mol. The minimum absolute atomic E-state index is 0.0373. The topological polar surface area (TPSA) is 205 Å². The highest BCUT2D eigenvalue weighted by Gasteiger charge is 2.26. The Balaban J connectivity index is 0.000000185. The van der Waals surface area contributed by atoms with Crippen molar-refractivity contribution >= 4 is 81.4 Å². The second-order valence-corrected chi connectivity index (χ2v) is 14.6. The molecule has 8 rings (SSSR count). The number of aromatic carboxylic acids is 1. The number of halogens is 2. The number of amides is 2. The molecule has 0 bridgehead atoms. The lowest BCUT2D eigenvalue weighted by atomic mass is 10.0. The molecule has 0 fully saturated rings. The average molecular weight is 863 g/mol. The number of unbranched alkanes of at least 4 members (excludes halogenated alkanes) is 1. The van der Waals surface area contributed by atoms with Gasteiger partial charge in [0.25, 0.3) is 11.8 Å². The van der Waals surface area contributed by atoms with Crippen LogP contribution in [0.2, 0.25) is 10.0 Å². The molecule has 0 atom stereocenters. The van der Waals surface area contributed by atoms with E-state index in [4.69, 9.17) is 53.1 Å². The van der Waals surface area contributed by atoms with Gasteiger partial charge in [0.2, 0.25) is 0 Å². The smallest absolute Gasteiger partial charge is 0.335 e. The van der Waals surface area contributed by atoms with Crippen LogP contribution in [0.4, 0.5) is 11.4 Å². The van der Waals surface area contributed by atoms with Crippen molar-refractivity contribution < 1.29 is 43.3 Å². The fraction of sp³-hybridized carbons (Fsp3) is 0.149. The molecule has 0 unspecified atom stereocenters. The number of rotatable bonds is 12. The van der Waals surface area contributed by atoms with Gasteiger partial charge in [0.1, 0.15) is 23.0 Å². The molecule has 2 amide bonds. The van der Waals surface area contributed by atoms with Gasteiger partial charge in [0, 0.05) is 68.9 Å². The van der Waals surface area contributed by atoms with Crippen molar-refractivity contribution in [1.29, 1.82) is 0 Å². The number of hydrogen-bond donors (Lipinski definition) is 6. The van der Waals surface area contributed by atoms with Gasteiger partial charge in [-0.2, -0.15) is 0 Å². The lowest BCUT2D eigenvalue weighted by Crippen LogP contribution is -2.03. The Morgan fingerprint density at radius 3 is 1.57 bits per heavy atom. The first-order chi connectivity index (χ1) is 29.5. The van der Waals surface area contributed by atoms with Crippen molar-refractivity contribution in [3.05, 3.63) is 153 Å². The molecule has 61 heavy (non-hydrogen) atoms. The fourth-order valence-electron chi connectivity index (χ4n) is 6.35. The number of anilines is 2. The van der Waals surface area contributed by atoms with Gasteiger partial charge in [0.15, 0.2) is 5.78 Å². The third-order valence-electron chi connectivity index (χ3n) is 9.39. The van der Waals surface area contributed by atoms with E-state index >= 15 is 0 Å². The summed E-state index contributed by atoms with van der Waals surface area (Å²) in [4.78, 5) is 48.0. The van der Waals surface area contributed by atoms with Gasteiger partial charge < -0.3 is 40.5 Å². The number of Topliss-reactive ketones (excluding diaryl/α,β-unsaturated/α-hetero) is 1. The summed E-state index contributed by atoms with van der Waals surface area (Å²) in [5, 5.41) is 32.6. The molecule has 2 aliphatic rings. The second-order valence-electron chi connectivity index (χ2n) is 13.7. The highest BCUT2D eigenvalue weighted by atomic mass is 35.5. The first kappa shape index (κ1) is 44.0. The zero-order valence-corrected chi connectivity index (χ0v) is 34.1. The van der Waals surface area contributed by atoms with E-state index in [0.717, 1.165) is 23.2 Å². The van der Waals surface area contributed by atoms with Crippen LogP contribution in [0.25, 0.3) is 45.9 Å². The first-order valence-electron chi connectivity index (χ1n) is 19.2. The van der Waals surface area contributed by atoms with Gasteiger partial charge in [-0.3, -0.25) is 14.4 Å². The zero-order chi connectivity index (χ0) is 43.5. The number of furan rings is 2. The first-order valence-corrected chi connectivity index (χ1v) is 20.0. The minimum atomic E-state index is -1.00. The van der Waals surface area contributed by atoms with E-state index in [2.05, 4.69) is 10.6 Å². The van der Waals surface area contributed by atoms with Gasteiger partial charge >= 0.3 is 5.97 Å². The Morgan fingerprint density at radius 2 is 1.11 bits per heavy atom. The quantitative estimate of drug-likeness (QED) is 0.0390. The number of aliphatic hydroxyl groups excluding tert-OH is 2. The van der Waals surface area contributed by atoms with Crippen LogP contribution < -0.4 is 16.4 Å². The Morgan fingerprint density at radius 1 is 0.623 bits per heavy atom. The maximum absolute atomic E-state index is 12.3. The summed E-state index contributed by atoms with van der Waals surface area (Å²) in [6, 6.07) is 31.2. The molecule has 0 saturated carbocycles. The van der Waals surface area contributed by atoms with E-state index in [-0.39, 0.29) is 36.4 Å². The van der Waals surface area contributed by atoms with E-state index in [1.165, 1.54) is 12.1 Å². The molecule has 12 nitrogen and oxygen atoms in total. The third kappa shape index (κ3) is 11.2. The van der Waals surface area contributed by atoms with Crippen LogP contribution in [0.15, 0.2) is 118 Å². The lowest BCUT2D eigenvalue weighted by Gasteiger charge is -2.03. The van der Waals surface area contributed by atoms with Gasteiger partial charge in [-0.15, -0.1) is 0 Å². The maximum Gasteiger partial charge on any atom is 0.335 e. The fourth-order valence-corrected chi connectivity index (χ4v) is 6.69. The van der Waals surface area contributed by atoms with Crippen LogP contribution in [0.5, 0.6) is 0 Å². The van der Waals surface area contributed by atoms with E-state index in [1.54, 1.807) is 91.0 Å². The maximum atomic E-state index is 12.3. The van der Waals surface area contributed by atoms with Crippen molar-refractivity contribution in [1.82, 2.24) is 0 Å². The van der Waals surface area contributed by atoms with Crippen molar-refractivity contribution in [3.8, 4) is 22.6 Å². The summed E-state index contributed by atoms with van der Waals surface area (Å²) in [7, 11) is 0. The number of hydrogen-bond acceptors (Lipinski definition) is 9. The highest BCUT2D eigenvalue weighted by molar-refractivity contribution is 6.37. The summed E-state index contributed by atoms with van der Waals surface area (Å²) >= 11 is 12.1. The summed E-state index contributed by atoms with van der Waals surface area (Å²) in [6.07, 6.45) is 5.72. The molecule has 7 N–H and O–H groups in total. The van der Waals surface area contributed by atoms with Crippen molar-refractivity contribution in [2.75, 3.05) is 30.4 Å². The number of carbonyl (C=O) groups is 4. The molecular formula is C47H41Cl2N3O9. The molecule has 2 aromatic heterocycles. The Kier molecular flexibility index (Phi) is 14.9. The van der Waals surface area contributed by atoms with E-state index in [0.29, 0.717) is 92.4 Å². The number of nitrogens with one attached hydrogen (secondary N) is 2. The number of fused-ring (bicyclic) bond motifs is 2. The number of benzene rings is 4. The summed E-state index contributed by atoms with van der Waals surface area (Å²) < 4.78 is 11.7. The van der Waals surface area contributed by atoms with Crippen LogP contribution in [0.1, 0.15) is 69.0 Å². The number of nitrogens with two attached hydrogens (primary N) is 1. The zero-order valence-electron chi connectivity index (χ0n) is 32.6. The van der Waals surface area contributed by atoms with Gasteiger partial charge in [-0.25, -0.2) is 4.79 Å². The Labute approximate surface area is 360 Å². The molecule has 0 saturated heterocycles. The number of ketones is 1. The van der Waals surface area contributed by atoms with Crippen molar-refractivity contribution in [3.63, 3.8) is 0 Å². The molecule has 6 aromatic rings. The number of aliphatic hydroxyl groups is 2.